The van der Waals surface area contributed by atoms with E-state index in [0.717, 1.165) is 19.4 Å². The highest BCUT2D eigenvalue weighted by molar-refractivity contribution is 6.38. The molecule has 1 aromatic heterocycles. The summed E-state index contributed by atoms with van der Waals surface area (Å²) in [5.41, 5.74) is 2.59. The predicted molar refractivity (Wildman–Crippen MR) is 88.1 cm³/mol. The predicted octanol–water partition coefficient (Wildman–Crippen LogP) is 1.28. The minimum atomic E-state index is -0.318. The van der Waals surface area contributed by atoms with E-state index in [4.69, 9.17) is 27.6 Å². The van der Waals surface area contributed by atoms with Crippen molar-refractivity contribution in [3.05, 3.63) is 44.2 Å². The van der Waals surface area contributed by atoms with Gasteiger partial charge in [0.1, 0.15) is 6.26 Å². The van der Waals surface area contributed by atoms with Crippen molar-refractivity contribution >= 4 is 46.3 Å². The molecule has 1 aliphatic rings. The van der Waals surface area contributed by atoms with Gasteiger partial charge < -0.3 is 9.73 Å². The van der Waals surface area contributed by atoms with Crippen molar-refractivity contribution in [2.75, 3.05) is 6.54 Å². The highest BCUT2D eigenvalue weighted by Gasteiger charge is 2.25. The van der Waals surface area contributed by atoms with Crippen LogP contribution in [0.1, 0.15) is 18.4 Å². The van der Waals surface area contributed by atoms with Crippen LogP contribution in [0.5, 0.6) is 0 Å². The molecule has 0 spiro atoms. The normalized spacial score (nSPS) is 17.9. The first kappa shape index (κ1) is 16.0. The maximum atomic E-state index is 12.4. The van der Waals surface area contributed by atoms with E-state index >= 15 is 0 Å². The largest absolute Gasteiger partial charge is 0.462 e. The highest BCUT2D eigenvalue weighted by atomic mass is 35.5. The number of quaternary nitrogens is 1. The molecule has 0 bridgehead atoms. The Morgan fingerprint density at radius 1 is 1.43 bits per heavy atom. The number of hydrogen-bond donors (Lipinski definition) is 2. The number of carbonyl (C=O) groups excluding carboxylic acids is 1. The number of hydrogen-bond acceptors (Lipinski definition) is 4. The summed E-state index contributed by atoms with van der Waals surface area (Å²) >= 11 is 11.9. The van der Waals surface area contributed by atoms with Gasteiger partial charge in [-0.25, -0.2) is 5.43 Å². The first-order chi connectivity index (χ1) is 11.1. The van der Waals surface area contributed by atoms with E-state index in [1.807, 2.05) is 5.32 Å². The van der Waals surface area contributed by atoms with E-state index in [1.165, 1.54) is 24.6 Å². The molecule has 120 valence electrons. The molecule has 3 N–H and O–H groups in total. The van der Waals surface area contributed by atoms with E-state index < -0.39 is 0 Å². The third-order valence-electron chi connectivity index (χ3n) is 3.70. The number of fused-ring (bicyclic) bond motifs is 1. The zero-order valence-electron chi connectivity index (χ0n) is 12.0. The van der Waals surface area contributed by atoms with Gasteiger partial charge in [0.05, 0.1) is 28.7 Å². The molecule has 1 aliphatic heterocycles. The average molecular weight is 355 g/mol. The number of amides is 1. The number of rotatable bonds is 3. The number of nitrogens with zero attached hydrogens (tertiary/aromatic N) is 1. The van der Waals surface area contributed by atoms with E-state index in [1.54, 1.807) is 0 Å². The zero-order valence-corrected chi connectivity index (χ0v) is 13.5. The molecule has 23 heavy (non-hydrogen) atoms. The fourth-order valence-electron chi connectivity index (χ4n) is 2.53. The third-order valence-corrected chi connectivity index (χ3v) is 4.20. The molecule has 1 aromatic carbocycles. The second kappa shape index (κ2) is 6.70. The van der Waals surface area contributed by atoms with E-state index in [9.17, 15) is 9.59 Å². The van der Waals surface area contributed by atoms with Gasteiger partial charge in [-0.05, 0) is 12.1 Å². The van der Waals surface area contributed by atoms with Gasteiger partial charge in [0.25, 0.3) is 5.91 Å². The summed E-state index contributed by atoms with van der Waals surface area (Å²) in [5, 5.41) is 6.67. The molecule has 3 rings (SSSR count). The van der Waals surface area contributed by atoms with Crippen LogP contribution < -0.4 is 16.2 Å². The van der Waals surface area contributed by atoms with Gasteiger partial charge in [0, 0.05) is 17.9 Å². The molecule has 8 heteroatoms. The molecule has 1 amide bonds. The number of benzene rings is 1. The fourth-order valence-corrected chi connectivity index (χ4v) is 3.07. The number of nitrogens with two attached hydrogens (primary N) is 1. The van der Waals surface area contributed by atoms with Gasteiger partial charge in [0.2, 0.25) is 5.43 Å². The van der Waals surface area contributed by atoms with Gasteiger partial charge in [-0.3, -0.25) is 9.59 Å². The summed E-state index contributed by atoms with van der Waals surface area (Å²) < 4.78 is 5.37. The lowest BCUT2D eigenvalue weighted by atomic mass is 10.2. The van der Waals surface area contributed by atoms with Crippen LogP contribution in [0.15, 0.2) is 32.7 Å². The number of halogens is 2. The van der Waals surface area contributed by atoms with Crippen molar-refractivity contribution in [1.29, 1.82) is 0 Å². The number of nitrogens with one attached hydrogen (secondary N) is 1. The van der Waals surface area contributed by atoms with Gasteiger partial charge in [0.15, 0.2) is 11.6 Å². The first-order valence-corrected chi connectivity index (χ1v) is 7.88. The Morgan fingerprint density at radius 3 is 3.00 bits per heavy atom. The lowest BCUT2D eigenvalue weighted by Gasteiger charge is -2.04. The van der Waals surface area contributed by atoms with Gasteiger partial charge >= 0.3 is 0 Å². The third kappa shape index (κ3) is 3.39. The molecule has 1 unspecified atom stereocenters. The summed E-state index contributed by atoms with van der Waals surface area (Å²) in [6, 6.07) is 2.87. The van der Waals surface area contributed by atoms with Crippen LogP contribution in [0.3, 0.4) is 0 Å². The maximum absolute atomic E-state index is 12.4. The smallest absolute Gasteiger partial charge is 0.298 e. The average Bonchev–Trinajstić information content (AvgIpc) is 3.04. The fraction of sp³-hybridized carbons (Fsp3) is 0.267. The van der Waals surface area contributed by atoms with Gasteiger partial charge in [-0.15, -0.1) is 0 Å². The molecular weight excluding hydrogens is 341 g/mol. The Balaban J connectivity index is 1.83. The van der Waals surface area contributed by atoms with E-state index in [0.29, 0.717) is 5.02 Å². The second-order valence-electron chi connectivity index (χ2n) is 5.29. The van der Waals surface area contributed by atoms with Crippen molar-refractivity contribution in [2.45, 2.75) is 18.9 Å². The van der Waals surface area contributed by atoms with E-state index in [2.05, 4.69) is 10.5 Å². The number of hydrazone groups is 1. The van der Waals surface area contributed by atoms with Crippen LogP contribution in [0.25, 0.3) is 11.0 Å². The SMILES string of the molecule is O=C(NN=Cc1coc2c(Cl)cc(Cl)cc2c1=O)C1CCC[NH2+]1. The summed E-state index contributed by atoms with van der Waals surface area (Å²) in [5.74, 6) is -0.171. The van der Waals surface area contributed by atoms with Gasteiger partial charge in [-0.1, -0.05) is 23.2 Å². The second-order valence-corrected chi connectivity index (χ2v) is 6.14. The van der Waals surface area contributed by atoms with Crippen molar-refractivity contribution in [2.24, 2.45) is 5.10 Å². The highest BCUT2D eigenvalue weighted by Crippen LogP contribution is 2.26. The molecule has 1 atom stereocenters. The molecule has 0 radical (unpaired) electrons. The topological polar surface area (TPSA) is 88.3 Å². The first-order valence-electron chi connectivity index (χ1n) is 7.13. The minimum absolute atomic E-state index is 0.113. The van der Waals surface area contributed by atoms with Crippen molar-refractivity contribution in [3.8, 4) is 0 Å². The van der Waals surface area contributed by atoms with Gasteiger partial charge in [-0.2, -0.15) is 5.10 Å². The Hall–Kier alpha value is -1.89. The maximum Gasteiger partial charge on any atom is 0.298 e. The van der Waals surface area contributed by atoms with Crippen molar-refractivity contribution in [1.82, 2.24) is 5.43 Å². The lowest BCUT2D eigenvalue weighted by Crippen LogP contribution is -2.89. The molecular formula is C15H14Cl2N3O3+. The molecule has 0 aliphatic carbocycles. The van der Waals surface area contributed by atoms with Crippen LogP contribution in [-0.2, 0) is 4.79 Å². The zero-order chi connectivity index (χ0) is 16.4. The molecule has 0 saturated carbocycles. The minimum Gasteiger partial charge on any atom is -0.462 e. The molecule has 2 aromatic rings. The Bertz CT molecular complexity index is 842. The van der Waals surface area contributed by atoms with Crippen LogP contribution in [0, 0.1) is 0 Å². The lowest BCUT2D eigenvalue weighted by molar-refractivity contribution is -0.657. The van der Waals surface area contributed by atoms with Crippen molar-refractivity contribution < 1.29 is 14.5 Å². The molecule has 6 nitrogen and oxygen atoms in total. The quantitative estimate of drug-likeness (QED) is 0.642. The van der Waals surface area contributed by atoms with Crippen LogP contribution >= 0.6 is 23.2 Å². The summed E-state index contributed by atoms with van der Waals surface area (Å²) in [4.78, 5) is 24.2. The van der Waals surface area contributed by atoms with Crippen LogP contribution in [-0.4, -0.2) is 24.7 Å². The van der Waals surface area contributed by atoms with Crippen LogP contribution in [0.2, 0.25) is 10.0 Å². The Morgan fingerprint density at radius 2 is 2.26 bits per heavy atom. The molecule has 1 fully saturated rings. The number of carbonyl (C=O) groups is 1. The Kier molecular flexibility index (Phi) is 4.66. The van der Waals surface area contributed by atoms with E-state index in [-0.39, 0.29) is 38.9 Å². The molecule has 2 heterocycles. The summed E-state index contributed by atoms with van der Waals surface area (Å²) in [6.07, 6.45) is 4.35. The van der Waals surface area contributed by atoms with Crippen molar-refractivity contribution in [3.63, 3.8) is 0 Å². The Labute approximate surface area is 141 Å². The molecule has 1 saturated heterocycles. The standard InChI is InChI=1S/C15H13Cl2N3O3/c16-9-4-10-13(21)8(7-23-14(10)11(17)5-9)6-19-20-15(22)12-2-1-3-18-12/h4-7,12,18H,1-3H2,(H,20,22)/p+1. The monoisotopic (exact) mass is 354 g/mol. The summed E-state index contributed by atoms with van der Waals surface area (Å²) in [7, 11) is 0. The van der Waals surface area contributed by atoms with Crippen LogP contribution in [0.4, 0.5) is 0 Å². The summed E-state index contributed by atoms with van der Waals surface area (Å²) in [6.45, 7) is 0.942.